The van der Waals surface area contributed by atoms with Crippen LogP contribution in [0.5, 0.6) is 0 Å². The maximum absolute atomic E-state index is 10.3. The Kier molecular flexibility index (Phi) is 17.8. The zero-order valence-electron chi connectivity index (χ0n) is 17.1. The zero-order valence-corrected chi connectivity index (χ0v) is 17.1. The van der Waals surface area contributed by atoms with Gasteiger partial charge in [-0.15, -0.1) is 0 Å². The first-order valence-corrected chi connectivity index (χ1v) is 11.0. The molecule has 27 heavy (non-hydrogen) atoms. The highest BCUT2D eigenvalue weighted by molar-refractivity contribution is 5.79. The summed E-state index contributed by atoms with van der Waals surface area (Å²) in [7, 11) is 0. The quantitative estimate of drug-likeness (QED) is 0.130. The molecule has 160 valence electrons. The predicted octanol–water partition coefficient (Wildman–Crippen LogP) is 5.28. The number of allylic oxidation sites excluding steroid dienone is 1. The third kappa shape index (κ3) is 25.1. The Balaban J connectivity index is 3.08. The van der Waals surface area contributed by atoms with Crippen molar-refractivity contribution < 1.29 is 25.2 Å². The van der Waals surface area contributed by atoms with Crippen LogP contribution in [-0.2, 0) is 4.79 Å². The van der Waals surface area contributed by atoms with Gasteiger partial charge in [-0.05, 0) is 19.3 Å². The SMILES string of the molecule is O=C(O)C=CCCCCCCCCCCCCCCCCCCC(O)(O)O. The highest BCUT2D eigenvalue weighted by atomic mass is 16.7. The number of aliphatic carboxylic acids is 1. The maximum atomic E-state index is 10.3. The van der Waals surface area contributed by atoms with Crippen LogP contribution in [0.3, 0.4) is 0 Å². The first kappa shape index (κ1) is 26.1. The Morgan fingerprint density at radius 1 is 0.593 bits per heavy atom. The normalized spacial score (nSPS) is 12.1. The van der Waals surface area contributed by atoms with Gasteiger partial charge in [0.15, 0.2) is 0 Å². The standard InChI is InChI=1S/C22H42O5/c23-21(24)19-17-15-13-11-9-7-5-3-1-2-4-6-8-10-12-14-16-18-20-22(25,26)27/h17,19,25-27H,1-16,18,20H2,(H,23,24). The van der Waals surface area contributed by atoms with Gasteiger partial charge in [0.1, 0.15) is 0 Å². The predicted molar refractivity (Wildman–Crippen MR) is 109 cm³/mol. The molecule has 0 aliphatic heterocycles. The lowest BCUT2D eigenvalue weighted by Gasteiger charge is -2.12. The molecule has 0 aromatic carbocycles. The molecule has 0 heterocycles. The molecule has 0 aromatic heterocycles. The number of aliphatic hydroxyl groups is 3. The van der Waals surface area contributed by atoms with E-state index in [1.165, 1.54) is 83.1 Å². The second kappa shape index (κ2) is 18.5. The van der Waals surface area contributed by atoms with Gasteiger partial charge < -0.3 is 20.4 Å². The number of rotatable bonds is 20. The second-order valence-electron chi connectivity index (χ2n) is 7.71. The Labute approximate surface area is 165 Å². The third-order valence-electron chi connectivity index (χ3n) is 4.89. The van der Waals surface area contributed by atoms with Crippen LogP contribution in [0.4, 0.5) is 0 Å². The Morgan fingerprint density at radius 3 is 1.26 bits per heavy atom. The van der Waals surface area contributed by atoms with Crippen LogP contribution in [0.15, 0.2) is 12.2 Å². The minimum atomic E-state index is -2.49. The summed E-state index contributed by atoms with van der Waals surface area (Å²) >= 11 is 0. The first-order chi connectivity index (χ1) is 12.9. The fraction of sp³-hybridized carbons (Fsp3) is 0.864. The van der Waals surface area contributed by atoms with Crippen LogP contribution in [0, 0.1) is 0 Å². The van der Waals surface area contributed by atoms with Crippen molar-refractivity contribution >= 4 is 5.97 Å². The highest BCUT2D eigenvalue weighted by Crippen LogP contribution is 2.15. The average Bonchev–Trinajstić information content (AvgIpc) is 2.58. The number of hydrogen-bond acceptors (Lipinski definition) is 4. The van der Waals surface area contributed by atoms with E-state index in [2.05, 4.69) is 0 Å². The van der Waals surface area contributed by atoms with E-state index >= 15 is 0 Å². The van der Waals surface area contributed by atoms with Crippen LogP contribution in [-0.4, -0.2) is 32.4 Å². The molecule has 0 aliphatic rings. The van der Waals surface area contributed by atoms with Gasteiger partial charge in [0.2, 0.25) is 0 Å². The molecular weight excluding hydrogens is 344 g/mol. The number of unbranched alkanes of at least 4 members (excludes halogenated alkanes) is 16. The van der Waals surface area contributed by atoms with Crippen molar-refractivity contribution in [3.8, 4) is 0 Å². The fourth-order valence-corrected chi connectivity index (χ4v) is 3.28. The van der Waals surface area contributed by atoms with Gasteiger partial charge in [-0.3, -0.25) is 0 Å². The van der Waals surface area contributed by atoms with Gasteiger partial charge in [0, 0.05) is 12.5 Å². The summed E-state index contributed by atoms with van der Waals surface area (Å²) in [6.45, 7) is 0. The fourth-order valence-electron chi connectivity index (χ4n) is 3.28. The monoisotopic (exact) mass is 386 g/mol. The molecule has 0 saturated heterocycles. The van der Waals surface area contributed by atoms with Crippen LogP contribution >= 0.6 is 0 Å². The van der Waals surface area contributed by atoms with E-state index in [0.29, 0.717) is 6.42 Å². The molecule has 0 saturated carbocycles. The molecule has 0 aromatic rings. The lowest BCUT2D eigenvalue weighted by atomic mass is 10.0. The molecule has 0 atom stereocenters. The zero-order chi connectivity index (χ0) is 20.2. The summed E-state index contributed by atoms with van der Waals surface area (Å²) in [6.07, 6.45) is 23.2. The summed E-state index contributed by atoms with van der Waals surface area (Å²) in [4.78, 5) is 10.3. The highest BCUT2D eigenvalue weighted by Gasteiger charge is 2.16. The van der Waals surface area contributed by atoms with Gasteiger partial charge in [0.25, 0.3) is 5.97 Å². The van der Waals surface area contributed by atoms with E-state index in [1.807, 2.05) is 0 Å². The van der Waals surface area contributed by atoms with E-state index in [0.717, 1.165) is 25.7 Å². The van der Waals surface area contributed by atoms with Crippen molar-refractivity contribution in [2.75, 3.05) is 0 Å². The lowest BCUT2D eigenvalue weighted by Crippen LogP contribution is -2.26. The molecular formula is C22H42O5. The first-order valence-electron chi connectivity index (χ1n) is 11.0. The van der Waals surface area contributed by atoms with Crippen LogP contribution in [0.2, 0.25) is 0 Å². The van der Waals surface area contributed by atoms with Gasteiger partial charge in [0.05, 0.1) is 0 Å². The van der Waals surface area contributed by atoms with Crippen LogP contribution in [0.25, 0.3) is 0 Å². The van der Waals surface area contributed by atoms with Gasteiger partial charge >= 0.3 is 5.97 Å². The summed E-state index contributed by atoms with van der Waals surface area (Å²) < 4.78 is 0. The number of carboxylic acid groups (broad SMARTS) is 1. The second-order valence-corrected chi connectivity index (χ2v) is 7.71. The molecule has 0 fully saturated rings. The van der Waals surface area contributed by atoms with Crippen molar-refractivity contribution in [1.82, 2.24) is 0 Å². The number of hydrogen-bond donors (Lipinski definition) is 4. The smallest absolute Gasteiger partial charge is 0.327 e. The summed E-state index contributed by atoms with van der Waals surface area (Å²) in [5.74, 6) is -3.34. The van der Waals surface area contributed by atoms with Gasteiger partial charge in [-0.25, -0.2) is 4.79 Å². The van der Waals surface area contributed by atoms with E-state index in [4.69, 9.17) is 20.4 Å². The molecule has 0 bridgehead atoms. The molecule has 0 radical (unpaired) electrons. The summed E-state index contributed by atoms with van der Waals surface area (Å²) in [5.41, 5.74) is 0. The van der Waals surface area contributed by atoms with E-state index in [-0.39, 0.29) is 6.42 Å². The van der Waals surface area contributed by atoms with Crippen molar-refractivity contribution in [1.29, 1.82) is 0 Å². The molecule has 0 amide bonds. The van der Waals surface area contributed by atoms with Gasteiger partial charge in [-0.1, -0.05) is 96.0 Å². The molecule has 0 spiro atoms. The van der Waals surface area contributed by atoms with E-state index < -0.39 is 11.9 Å². The summed E-state index contributed by atoms with van der Waals surface area (Å²) in [6, 6.07) is 0. The third-order valence-corrected chi connectivity index (χ3v) is 4.89. The van der Waals surface area contributed by atoms with Crippen LogP contribution in [0.1, 0.15) is 116 Å². The maximum Gasteiger partial charge on any atom is 0.327 e. The molecule has 0 rings (SSSR count). The van der Waals surface area contributed by atoms with E-state index in [1.54, 1.807) is 6.08 Å². The number of carbonyl (C=O) groups is 1. The van der Waals surface area contributed by atoms with Crippen LogP contribution < -0.4 is 0 Å². The van der Waals surface area contributed by atoms with Crippen molar-refractivity contribution in [2.24, 2.45) is 0 Å². The Morgan fingerprint density at radius 2 is 0.926 bits per heavy atom. The topological polar surface area (TPSA) is 98.0 Å². The number of carboxylic acids is 1. The summed E-state index contributed by atoms with van der Waals surface area (Å²) in [5, 5.41) is 34.8. The van der Waals surface area contributed by atoms with Gasteiger partial charge in [-0.2, -0.15) is 0 Å². The van der Waals surface area contributed by atoms with Crippen molar-refractivity contribution in [3.05, 3.63) is 12.2 Å². The largest absolute Gasteiger partial charge is 0.478 e. The Bertz CT molecular complexity index is 360. The lowest BCUT2D eigenvalue weighted by molar-refractivity contribution is -0.315. The molecule has 0 unspecified atom stereocenters. The average molecular weight is 387 g/mol. The van der Waals surface area contributed by atoms with E-state index in [9.17, 15) is 4.79 Å². The minimum absolute atomic E-state index is 0.0388. The molecule has 0 aliphatic carbocycles. The molecule has 5 heteroatoms. The molecule has 4 N–H and O–H groups in total. The molecule has 5 nitrogen and oxygen atoms in total. The van der Waals surface area contributed by atoms with Crippen molar-refractivity contribution in [2.45, 2.75) is 122 Å². The Hall–Kier alpha value is -0.910. The van der Waals surface area contributed by atoms with Crippen molar-refractivity contribution in [3.63, 3.8) is 0 Å². The minimum Gasteiger partial charge on any atom is -0.478 e.